The van der Waals surface area contributed by atoms with Crippen molar-refractivity contribution >= 4 is 45.8 Å². The Kier molecular flexibility index (Phi) is 10.1. The maximum atomic E-state index is 12.1. The van der Waals surface area contributed by atoms with E-state index in [0.29, 0.717) is 31.0 Å². The standard InChI is InChI=1S/C20H34N6O2S.HI/c1-16-5-3-8-19(24-16)26-12-9-18(10-13-26)25-20(21-2)22-11-14-29(27,28)23-15-17-6-4-7-17;/h3,5,8,17-18,23H,4,6-7,9-15H2,1-2H3,(H2,21,22,25);1H. The van der Waals surface area contributed by atoms with Gasteiger partial charge in [0.15, 0.2) is 5.96 Å². The van der Waals surface area contributed by atoms with Crippen LogP contribution in [0.2, 0.25) is 0 Å². The van der Waals surface area contributed by atoms with E-state index in [9.17, 15) is 8.42 Å². The van der Waals surface area contributed by atoms with Crippen molar-refractivity contribution < 1.29 is 8.42 Å². The Hall–Kier alpha value is -1.14. The molecule has 8 nitrogen and oxygen atoms in total. The van der Waals surface area contributed by atoms with Gasteiger partial charge in [0.1, 0.15) is 5.82 Å². The minimum absolute atomic E-state index is 0. The minimum Gasteiger partial charge on any atom is -0.356 e. The van der Waals surface area contributed by atoms with Gasteiger partial charge in [0.25, 0.3) is 0 Å². The van der Waals surface area contributed by atoms with Crippen molar-refractivity contribution in [2.45, 2.75) is 45.1 Å². The maximum Gasteiger partial charge on any atom is 0.213 e. The fourth-order valence-electron chi connectivity index (χ4n) is 3.66. The van der Waals surface area contributed by atoms with Gasteiger partial charge in [-0.1, -0.05) is 12.5 Å². The molecule has 0 unspecified atom stereocenters. The Bertz CT molecular complexity index is 792. The number of aromatic nitrogens is 1. The van der Waals surface area contributed by atoms with Gasteiger partial charge in [0, 0.05) is 45.0 Å². The quantitative estimate of drug-likeness (QED) is 0.260. The molecule has 0 spiro atoms. The third-order valence-corrected chi connectivity index (χ3v) is 7.09. The number of hydrogen-bond acceptors (Lipinski definition) is 5. The third kappa shape index (κ3) is 7.84. The number of hydrogen-bond donors (Lipinski definition) is 3. The van der Waals surface area contributed by atoms with Crippen LogP contribution in [0.1, 0.15) is 37.8 Å². The number of aliphatic imine (C=N–C) groups is 1. The number of sulfonamides is 1. The summed E-state index contributed by atoms with van der Waals surface area (Å²) in [4.78, 5) is 11.2. The van der Waals surface area contributed by atoms with Gasteiger partial charge in [0.2, 0.25) is 10.0 Å². The summed E-state index contributed by atoms with van der Waals surface area (Å²) in [6.45, 7) is 4.79. The Morgan fingerprint density at radius 2 is 1.97 bits per heavy atom. The summed E-state index contributed by atoms with van der Waals surface area (Å²) < 4.78 is 26.9. The summed E-state index contributed by atoms with van der Waals surface area (Å²) in [5.41, 5.74) is 1.03. The highest BCUT2D eigenvalue weighted by Gasteiger charge is 2.22. The summed E-state index contributed by atoms with van der Waals surface area (Å²) >= 11 is 0. The molecule has 1 saturated carbocycles. The van der Waals surface area contributed by atoms with E-state index in [1.54, 1.807) is 7.05 Å². The molecule has 1 aromatic rings. The van der Waals surface area contributed by atoms with Crippen LogP contribution in [-0.2, 0) is 10.0 Å². The summed E-state index contributed by atoms with van der Waals surface area (Å²) in [5, 5.41) is 6.55. The smallest absolute Gasteiger partial charge is 0.213 e. The molecule has 1 aromatic heterocycles. The Morgan fingerprint density at radius 3 is 2.57 bits per heavy atom. The number of nitrogens with zero attached hydrogens (tertiary/aromatic N) is 3. The molecule has 2 aliphatic rings. The van der Waals surface area contributed by atoms with Crippen LogP contribution in [0.5, 0.6) is 0 Å². The summed E-state index contributed by atoms with van der Waals surface area (Å²) in [7, 11) is -1.53. The first-order chi connectivity index (χ1) is 13.9. The zero-order chi connectivity index (χ0) is 20.7. The molecule has 1 aliphatic heterocycles. The fraction of sp³-hybridized carbons (Fsp3) is 0.700. The van der Waals surface area contributed by atoms with Gasteiger partial charge in [-0.3, -0.25) is 4.99 Å². The molecule has 0 aromatic carbocycles. The van der Waals surface area contributed by atoms with E-state index in [-0.39, 0.29) is 29.7 Å². The van der Waals surface area contributed by atoms with Gasteiger partial charge < -0.3 is 15.5 Å². The minimum atomic E-state index is -3.24. The SMILES string of the molecule is CN=C(NCCS(=O)(=O)NCC1CCC1)NC1CCN(c2cccc(C)n2)CC1.I. The Labute approximate surface area is 197 Å². The second-order valence-corrected chi connectivity index (χ2v) is 9.93. The van der Waals surface area contributed by atoms with Crippen LogP contribution in [0.25, 0.3) is 0 Å². The van der Waals surface area contributed by atoms with Crippen molar-refractivity contribution in [2.75, 3.05) is 43.9 Å². The lowest BCUT2D eigenvalue weighted by Gasteiger charge is -2.34. The molecule has 170 valence electrons. The maximum absolute atomic E-state index is 12.1. The van der Waals surface area contributed by atoms with Gasteiger partial charge in [-0.05, 0) is 50.7 Å². The van der Waals surface area contributed by atoms with Gasteiger partial charge in [-0.15, -0.1) is 24.0 Å². The topological polar surface area (TPSA) is 98.7 Å². The van der Waals surface area contributed by atoms with Crippen molar-refractivity contribution in [2.24, 2.45) is 10.9 Å². The van der Waals surface area contributed by atoms with Crippen LogP contribution in [0.15, 0.2) is 23.2 Å². The highest BCUT2D eigenvalue weighted by Crippen LogP contribution is 2.25. The Balaban J connectivity index is 0.00000320. The molecular weight excluding hydrogens is 515 g/mol. The molecule has 0 atom stereocenters. The van der Waals surface area contributed by atoms with E-state index in [2.05, 4.69) is 36.3 Å². The van der Waals surface area contributed by atoms with Crippen molar-refractivity contribution in [3.63, 3.8) is 0 Å². The van der Waals surface area contributed by atoms with E-state index in [1.807, 2.05) is 19.1 Å². The van der Waals surface area contributed by atoms with Crippen LogP contribution < -0.4 is 20.3 Å². The zero-order valence-electron chi connectivity index (χ0n) is 17.9. The van der Waals surface area contributed by atoms with Crippen LogP contribution in [0, 0.1) is 12.8 Å². The monoisotopic (exact) mass is 550 g/mol. The molecule has 0 radical (unpaired) electrons. The molecule has 2 fully saturated rings. The van der Waals surface area contributed by atoms with Crippen molar-refractivity contribution in [1.82, 2.24) is 20.3 Å². The summed E-state index contributed by atoms with van der Waals surface area (Å²) in [5.74, 6) is 2.27. The van der Waals surface area contributed by atoms with Gasteiger partial charge in [-0.2, -0.15) is 0 Å². The number of anilines is 1. The van der Waals surface area contributed by atoms with Gasteiger partial charge >= 0.3 is 0 Å². The van der Waals surface area contributed by atoms with Crippen LogP contribution in [0.3, 0.4) is 0 Å². The number of pyridine rings is 1. The normalized spacial score (nSPS) is 18.5. The van der Waals surface area contributed by atoms with Crippen molar-refractivity contribution in [3.8, 4) is 0 Å². The molecule has 1 aliphatic carbocycles. The number of nitrogens with one attached hydrogen (secondary N) is 3. The van der Waals surface area contributed by atoms with E-state index >= 15 is 0 Å². The summed E-state index contributed by atoms with van der Waals surface area (Å²) in [6.07, 6.45) is 5.46. The number of halogens is 1. The number of aryl methyl sites for hydroxylation is 1. The number of rotatable bonds is 8. The Morgan fingerprint density at radius 1 is 1.23 bits per heavy atom. The highest BCUT2D eigenvalue weighted by molar-refractivity contribution is 14.0. The molecule has 30 heavy (non-hydrogen) atoms. The van der Waals surface area contributed by atoms with E-state index in [1.165, 1.54) is 6.42 Å². The second-order valence-electron chi connectivity index (χ2n) is 8.01. The average molecular weight is 551 g/mol. The van der Waals surface area contributed by atoms with Gasteiger partial charge in [0.05, 0.1) is 5.75 Å². The van der Waals surface area contributed by atoms with Crippen molar-refractivity contribution in [1.29, 1.82) is 0 Å². The molecule has 2 heterocycles. The van der Waals surface area contributed by atoms with E-state index in [0.717, 1.165) is 50.3 Å². The first-order valence-electron chi connectivity index (χ1n) is 10.6. The first kappa shape index (κ1) is 25.1. The lowest BCUT2D eigenvalue weighted by Crippen LogP contribution is -2.49. The fourth-order valence-corrected chi connectivity index (χ4v) is 4.67. The number of piperidine rings is 1. The predicted octanol–water partition coefficient (Wildman–Crippen LogP) is 1.86. The van der Waals surface area contributed by atoms with Crippen LogP contribution in [-0.4, -0.2) is 64.4 Å². The lowest BCUT2D eigenvalue weighted by atomic mass is 9.86. The molecule has 0 amide bonds. The van der Waals surface area contributed by atoms with Crippen LogP contribution >= 0.6 is 24.0 Å². The van der Waals surface area contributed by atoms with E-state index in [4.69, 9.17) is 0 Å². The second kappa shape index (κ2) is 12.0. The molecule has 10 heteroatoms. The molecule has 3 rings (SSSR count). The third-order valence-electron chi connectivity index (χ3n) is 5.74. The average Bonchev–Trinajstić information content (AvgIpc) is 2.66. The van der Waals surface area contributed by atoms with Gasteiger partial charge in [-0.25, -0.2) is 18.1 Å². The van der Waals surface area contributed by atoms with Crippen molar-refractivity contribution in [3.05, 3.63) is 23.9 Å². The zero-order valence-corrected chi connectivity index (χ0v) is 21.1. The highest BCUT2D eigenvalue weighted by atomic mass is 127. The largest absolute Gasteiger partial charge is 0.356 e. The predicted molar refractivity (Wildman–Crippen MR) is 133 cm³/mol. The molecule has 3 N–H and O–H groups in total. The molecule has 1 saturated heterocycles. The molecular formula is C20H35IN6O2S. The van der Waals surface area contributed by atoms with E-state index < -0.39 is 10.0 Å². The summed E-state index contributed by atoms with van der Waals surface area (Å²) in [6, 6.07) is 6.43. The molecule has 0 bridgehead atoms. The first-order valence-corrected chi connectivity index (χ1v) is 12.2. The van der Waals surface area contributed by atoms with Crippen LogP contribution in [0.4, 0.5) is 5.82 Å². The lowest BCUT2D eigenvalue weighted by molar-refractivity contribution is 0.316. The number of guanidine groups is 1.